The van der Waals surface area contributed by atoms with E-state index < -0.39 is 10.0 Å². The number of nitrogens with one attached hydrogen (secondary N) is 3. The summed E-state index contributed by atoms with van der Waals surface area (Å²) in [6, 6.07) is 11.5. The summed E-state index contributed by atoms with van der Waals surface area (Å²) in [5.74, 6) is -0.271. The minimum atomic E-state index is -3.33. The van der Waals surface area contributed by atoms with Gasteiger partial charge in [-0.15, -0.1) is 0 Å². The molecule has 1 aliphatic rings. The number of carbonyl (C=O) groups excluding carboxylic acids is 2. The molecular weight excluding hydrogens is 406 g/mol. The van der Waals surface area contributed by atoms with Crippen molar-refractivity contribution < 1.29 is 18.0 Å². The molecule has 2 heterocycles. The molecule has 1 fully saturated rings. The first kappa shape index (κ1) is 21.7. The van der Waals surface area contributed by atoms with Gasteiger partial charge in [-0.3, -0.25) is 9.78 Å². The largest absolute Gasteiger partial charge is 0.346 e. The number of hydrogen-bond donors (Lipinski definition) is 3. The van der Waals surface area contributed by atoms with Crippen LogP contribution in [0.25, 0.3) is 0 Å². The van der Waals surface area contributed by atoms with E-state index in [1.165, 1.54) is 0 Å². The zero-order chi connectivity index (χ0) is 21.6. The van der Waals surface area contributed by atoms with Gasteiger partial charge in [-0.05, 0) is 43.2 Å². The van der Waals surface area contributed by atoms with Gasteiger partial charge in [0, 0.05) is 36.6 Å². The predicted octanol–water partition coefficient (Wildman–Crippen LogP) is 1.56. The Labute approximate surface area is 175 Å². The summed E-state index contributed by atoms with van der Waals surface area (Å²) in [6.07, 6.45) is 4.16. The van der Waals surface area contributed by atoms with E-state index >= 15 is 0 Å². The van der Waals surface area contributed by atoms with Crippen LogP contribution in [0, 0.1) is 0 Å². The summed E-state index contributed by atoms with van der Waals surface area (Å²) in [5, 5.41) is 5.58. The summed E-state index contributed by atoms with van der Waals surface area (Å²) in [4.78, 5) is 30.7. The van der Waals surface area contributed by atoms with Crippen LogP contribution < -0.4 is 15.4 Å². The molecule has 0 bridgehead atoms. The van der Waals surface area contributed by atoms with E-state index in [4.69, 9.17) is 0 Å². The molecule has 3 N–H and O–H groups in total. The SMILES string of the molecule is CS(=O)(=O)N[C@@H]1CCCN(C(=O)Nc2cccc(C(=O)NCc3ccccn3)c2)C1. The van der Waals surface area contributed by atoms with Gasteiger partial charge in [-0.2, -0.15) is 0 Å². The lowest BCUT2D eigenvalue weighted by Gasteiger charge is -2.32. The maximum Gasteiger partial charge on any atom is 0.321 e. The Morgan fingerprint density at radius 1 is 1.20 bits per heavy atom. The number of nitrogens with zero attached hydrogens (tertiary/aromatic N) is 2. The number of aromatic nitrogens is 1. The van der Waals surface area contributed by atoms with Crippen molar-refractivity contribution in [2.24, 2.45) is 0 Å². The van der Waals surface area contributed by atoms with Crippen LogP contribution >= 0.6 is 0 Å². The number of likely N-dealkylation sites (tertiary alicyclic amines) is 1. The second kappa shape index (κ2) is 9.68. The number of rotatable bonds is 6. The molecule has 0 unspecified atom stereocenters. The van der Waals surface area contributed by atoms with Crippen LogP contribution in [0.2, 0.25) is 0 Å². The first-order valence-corrected chi connectivity index (χ1v) is 11.5. The maximum atomic E-state index is 12.6. The minimum Gasteiger partial charge on any atom is -0.346 e. The van der Waals surface area contributed by atoms with E-state index in [1.807, 2.05) is 12.1 Å². The van der Waals surface area contributed by atoms with Crippen molar-refractivity contribution in [3.63, 3.8) is 0 Å². The van der Waals surface area contributed by atoms with Gasteiger partial charge in [0.25, 0.3) is 5.91 Å². The van der Waals surface area contributed by atoms with Crippen LogP contribution in [0.1, 0.15) is 28.9 Å². The number of hydrogen-bond acceptors (Lipinski definition) is 5. The van der Waals surface area contributed by atoms with Crippen LogP contribution in [0.5, 0.6) is 0 Å². The number of anilines is 1. The van der Waals surface area contributed by atoms with Crippen LogP contribution in [-0.4, -0.2) is 55.6 Å². The van der Waals surface area contributed by atoms with Crippen molar-refractivity contribution in [2.75, 3.05) is 24.7 Å². The summed E-state index contributed by atoms with van der Waals surface area (Å²) in [5.41, 5.74) is 1.65. The third kappa shape index (κ3) is 6.53. The minimum absolute atomic E-state index is 0.271. The molecular formula is C20H25N5O4S. The topological polar surface area (TPSA) is 121 Å². The average molecular weight is 432 g/mol. The fraction of sp³-hybridized carbons (Fsp3) is 0.350. The monoisotopic (exact) mass is 431 g/mol. The van der Waals surface area contributed by atoms with Crippen molar-refractivity contribution in [3.05, 3.63) is 59.9 Å². The lowest BCUT2D eigenvalue weighted by atomic mass is 10.1. The van der Waals surface area contributed by atoms with Gasteiger partial charge in [0.1, 0.15) is 0 Å². The summed E-state index contributed by atoms with van der Waals surface area (Å²) in [7, 11) is -3.33. The number of piperidine rings is 1. The fourth-order valence-electron chi connectivity index (χ4n) is 3.28. The molecule has 160 valence electrons. The molecule has 1 atom stereocenters. The van der Waals surface area contributed by atoms with Gasteiger partial charge in [0.05, 0.1) is 18.5 Å². The third-order valence-electron chi connectivity index (χ3n) is 4.62. The van der Waals surface area contributed by atoms with E-state index in [2.05, 4.69) is 20.3 Å². The molecule has 0 radical (unpaired) electrons. The normalized spacial score (nSPS) is 16.7. The highest BCUT2D eigenvalue weighted by Crippen LogP contribution is 2.15. The number of sulfonamides is 1. The van der Waals surface area contributed by atoms with Gasteiger partial charge < -0.3 is 15.5 Å². The summed E-state index contributed by atoms with van der Waals surface area (Å²) >= 11 is 0. The highest BCUT2D eigenvalue weighted by Gasteiger charge is 2.25. The zero-order valence-electron chi connectivity index (χ0n) is 16.7. The molecule has 3 rings (SSSR count). The first-order chi connectivity index (χ1) is 14.3. The van der Waals surface area contributed by atoms with Crippen molar-refractivity contribution in [3.8, 4) is 0 Å². The van der Waals surface area contributed by atoms with Crippen LogP contribution in [-0.2, 0) is 16.6 Å². The van der Waals surface area contributed by atoms with E-state index in [1.54, 1.807) is 41.4 Å². The van der Waals surface area contributed by atoms with Gasteiger partial charge in [-0.25, -0.2) is 17.9 Å². The lowest BCUT2D eigenvalue weighted by molar-refractivity contribution is 0.0950. The molecule has 0 aliphatic carbocycles. The number of pyridine rings is 1. The van der Waals surface area contributed by atoms with Gasteiger partial charge in [0.2, 0.25) is 10.0 Å². The maximum absolute atomic E-state index is 12.6. The molecule has 1 aromatic heterocycles. The Morgan fingerprint density at radius 2 is 2.03 bits per heavy atom. The quantitative estimate of drug-likeness (QED) is 0.641. The lowest BCUT2D eigenvalue weighted by Crippen LogP contribution is -2.50. The molecule has 0 saturated carbocycles. The van der Waals surface area contributed by atoms with Crippen molar-refractivity contribution in [1.82, 2.24) is 19.9 Å². The smallest absolute Gasteiger partial charge is 0.321 e. The van der Waals surface area contributed by atoms with Gasteiger partial charge in [-0.1, -0.05) is 12.1 Å². The fourth-order valence-corrected chi connectivity index (χ4v) is 4.07. The molecule has 1 aromatic carbocycles. The molecule has 1 saturated heterocycles. The molecule has 10 heteroatoms. The number of carbonyl (C=O) groups is 2. The Kier molecular flexibility index (Phi) is 7.01. The molecule has 3 amide bonds. The average Bonchev–Trinajstić information content (AvgIpc) is 2.72. The second-order valence-electron chi connectivity index (χ2n) is 7.19. The Balaban J connectivity index is 1.57. The molecule has 30 heavy (non-hydrogen) atoms. The van der Waals surface area contributed by atoms with Crippen LogP contribution in [0.4, 0.5) is 10.5 Å². The highest BCUT2D eigenvalue weighted by atomic mass is 32.2. The van der Waals surface area contributed by atoms with Gasteiger partial charge in [0.15, 0.2) is 0 Å². The summed E-state index contributed by atoms with van der Waals surface area (Å²) < 4.78 is 25.4. The second-order valence-corrected chi connectivity index (χ2v) is 8.97. The Hall–Kier alpha value is -2.98. The molecule has 2 aromatic rings. The first-order valence-electron chi connectivity index (χ1n) is 9.61. The Bertz CT molecular complexity index is 997. The van der Waals surface area contributed by atoms with E-state index in [9.17, 15) is 18.0 Å². The number of benzene rings is 1. The van der Waals surface area contributed by atoms with Crippen LogP contribution in [0.3, 0.4) is 0 Å². The predicted molar refractivity (Wildman–Crippen MR) is 113 cm³/mol. The number of urea groups is 1. The van der Waals surface area contributed by atoms with Crippen molar-refractivity contribution in [2.45, 2.75) is 25.4 Å². The van der Waals surface area contributed by atoms with Gasteiger partial charge >= 0.3 is 6.03 Å². The zero-order valence-corrected chi connectivity index (χ0v) is 17.5. The van der Waals surface area contributed by atoms with Crippen LogP contribution in [0.15, 0.2) is 48.7 Å². The highest BCUT2D eigenvalue weighted by molar-refractivity contribution is 7.88. The molecule has 0 spiro atoms. The van der Waals surface area contributed by atoms with E-state index in [-0.39, 0.29) is 18.0 Å². The third-order valence-corrected chi connectivity index (χ3v) is 5.38. The summed E-state index contributed by atoms with van der Waals surface area (Å²) in [6.45, 7) is 1.14. The molecule has 9 nitrogen and oxygen atoms in total. The number of amides is 3. The van der Waals surface area contributed by atoms with E-state index in [0.29, 0.717) is 43.7 Å². The standard InChI is InChI=1S/C20H25N5O4S/c1-30(28,29)24-18-9-5-11-25(14-18)20(27)23-16-8-4-6-15(12-16)19(26)22-13-17-7-2-3-10-21-17/h2-4,6-8,10,12,18,24H,5,9,11,13-14H2,1H3,(H,22,26)(H,23,27)/t18-/m1/s1. The van der Waals surface area contributed by atoms with Crippen molar-refractivity contribution >= 4 is 27.6 Å². The van der Waals surface area contributed by atoms with Crippen molar-refractivity contribution in [1.29, 1.82) is 0 Å². The molecule has 1 aliphatic heterocycles. The Morgan fingerprint density at radius 3 is 2.77 bits per heavy atom. The van der Waals surface area contributed by atoms with E-state index in [0.717, 1.165) is 11.9 Å².